The summed E-state index contributed by atoms with van der Waals surface area (Å²) in [6, 6.07) is 14.4. The molecule has 0 radical (unpaired) electrons. The van der Waals surface area contributed by atoms with E-state index in [9.17, 15) is 0 Å². The standard InChI is InChI=1S/C18H24N4.HI/c1-14(2)12-21-18(19-3)22-13-15-7-6-8-16(11-15)17-9-4-5-10-20-17;/h4-11,14H,12-13H2,1-3H3,(H2,19,21,22);1H. The molecule has 124 valence electrons. The monoisotopic (exact) mass is 424 g/mol. The van der Waals surface area contributed by atoms with E-state index >= 15 is 0 Å². The fraction of sp³-hybridized carbons (Fsp3) is 0.333. The highest BCUT2D eigenvalue weighted by molar-refractivity contribution is 14.0. The van der Waals surface area contributed by atoms with Crippen LogP contribution in [0.3, 0.4) is 0 Å². The SMILES string of the molecule is CN=C(NCc1cccc(-c2ccccn2)c1)NCC(C)C.I. The molecule has 0 aliphatic carbocycles. The van der Waals surface area contributed by atoms with Crippen molar-refractivity contribution in [3.63, 3.8) is 0 Å². The summed E-state index contributed by atoms with van der Waals surface area (Å²) in [6.45, 7) is 6.00. The molecule has 2 N–H and O–H groups in total. The van der Waals surface area contributed by atoms with Crippen molar-refractivity contribution < 1.29 is 0 Å². The molecule has 2 rings (SSSR count). The van der Waals surface area contributed by atoms with Gasteiger partial charge in [0.25, 0.3) is 0 Å². The van der Waals surface area contributed by atoms with Gasteiger partial charge >= 0.3 is 0 Å². The third-order valence-electron chi connectivity index (χ3n) is 3.25. The highest BCUT2D eigenvalue weighted by Crippen LogP contribution is 2.17. The van der Waals surface area contributed by atoms with E-state index in [2.05, 4.69) is 58.7 Å². The number of hydrogen-bond donors (Lipinski definition) is 2. The molecule has 0 spiro atoms. The van der Waals surface area contributed by atoms with Gasteiger partial charge in [-0.1, -0.05) is 38.1 Å². The average Bonchev–Trinajstić information content (AvgIpc) is 2.56. The lowest BCUT2D eigenvalue weighted by Crippen LogP contribution is -2.38. The number of hydrogen-bond acceptors (Lipinski definition) is 2. The summed E-state index contributed by atoms with van der Waals surface area (Å²) in [5, 5.41) is 6.65. The van der Waals surface area contributed by atoms with Gasteiger partial charge in [-0.3, -0.25) is 9.98 Å². The zero-order valence-corrected chi connectivity index (χ0v) is 16.2. The molecule has 0 amide bonds. The number of rotatable bonds is 5. The Bertz CT molecular complexity index is 611. The summed E-state index contributed by atoms with van der Waals surface area (Å²) >= 11 is 0. The predicted octanol–water partition coefficient (Wildman–Crippen LogP) is 3.69. The lowest BCUT2D eigenvalue weighted by atomic mass is 10.1. The van der Waals surface area contributed by atoms with Crippen molar-refractivity contribution in [2.75, 3.05) is 13.6 Å². The highest BCUT2D eigenvalue weighted by Gasteiger charge is 2.02. The molecule has 1 aromatic heterocycles. The Morgan fingerprint density at radius 2 is 1.96 bits per heavy atom. The molecule has 0 aliphatic heterocycles. The van der Waals surface area contributed by atoms with Crippen LogP contribution in [-0.2, 0) is 6.54 Å². The van der Waals surface area contributed by atoms with Crippen LogP contribution >= 0.6 is 24.0 Å². The lowest BCUT2D eigenvalue weighted by molar-refractivity contribution is 0.614. The predicted molar refractivity (Wildman–Crippen MR) is 108 cm³/mol. The van der Waals surface area contributed by atoms with Crippen LogP contribution in [0.15, 0.2) is 53.7 Å². The van der Waals surface area contributed by atoms with Gasteiger partial charge in [0.15, 0.2) is 5.96 Å². The second-order valence-corrected chi connectivity index (χ2v) is 5.62. The van der Waals surface area contributed by atoms with Crippen LogP contribution in [0.1, 0.15) is 19.4 Å². The van der Waals surface area contributed by atoms with Gasteiger partial charge < -0.3 is 10.6 Å². The lowest BCUT2D eigenvalue weighted by Gasteiger charge is -2.13. The Kier molecular flexibility index (Phi) is 8.61. The van der Waals surface area contributed by atoms with Gasteiger partial charge in [0.2, 0.25) is 0 Å². The van der Waals surface area contributed by atoms with Gasteiger partial charge in [0.1, 0.15) is 0 Å². The summed E-state index contributed by atoms with van der Waals surface area (Å²) < 4.78 is 0. The molecule has 0 saturated carbocycles. The van der Waals surface area contributed by atoms with E-state index in [1.54, 1.807) is 7.05 Å². The minimum atomic E-state index is 0. The largest absolute Gasteiger partial charge is 0.356 e. The zero-order chi connectivity index (χ0) is 15.8. The minimum absolute atomic E-state index is 0. The number of nitrogens with zero attached hydrogens (tertiary/aromatic N) is 2. The number of pyridine rings is 1. The normalized spacial score (nSPS) is 11.0. The summed E-state index contributed by atoms with van der Waals surface area (Å²) in [5.74, 6) is 1.42. The van der Waals surface area contributed by atoms with Crippen LogP contribution in [0.5, 0.6) is 0 Å². The number of guanidine groups is 1. The average molecular weight is 424 g/mol. The molecular formula is C18H25IN4. The van der Waals surface area contributed by atoms with E-state index < -0.39 is 0 Å². The first-order valence-electron chi connectivity index (χ1n) is 7.64. The molecule has 0 fully saturated rings. The first-order valence-corrected chi connectivity index (χ1v) is 7.64. The zero-order valence-electron chi connectivity index (χ0n) is 13.9. The molecule has 0 saturated heterocycles. The van der Waals surface area contributed by atoms with Crippen molar-refractivity contribution in [1.29, 1.82) is 0 Å². The molecule has 0 bridgehead atoms. The maximum absolute atomic E-state index is 4.39. The summed E-state index contributed by atoms with van der Waals surface area (Å²) in [4.78, 5) is 8.63. The number of halogens is 1. The first-order chi connectivity index (χ1) is 10.7. The Morgan fingerprint density at radius 3 is 2.61 bits per heavy atom. The fourth-order valence-corrected chi connectivity index (χ4v) is 2.08. The molecule has 0 atom stereocenters. The molecule has 1 heterocycles. The Labute approximate surface area is 155 Å². The van der Waals surface area contributed by atoms with Gasteiger partial charge in [-0.05, 0) is 29.7 Å². The Hall–Kier alpha value is -1.63. The van der Waals surface area contributed by atoms with Gasteiger partial charge in [-0.2, -0.15) is 0 Å². The fourth-order valence-electron chi connectivity index (χ4n) is 2.08. The van der Waals surface area contributed by atoms with E-state index in [1.807, 2.05) is 24.4 Å². The van der Waals surface area contributed by atoms with Gasteiger partial charge in [-0.25, -0.2) is 0 Å². The van der Waals surface area contributed by atoms with Crippen molar-refractivity contribution >= 4 is 29.9 Å². The van der Waals surface area contributed by atoms with Crippen LogP contribution < -0.4 is 10.6 Å². The van der Waals surface area contributed by atoms with E-state index in [-0.39, 0.29) is 24.0 Å². The first kappa shape index (κ1) is 19.4. The number of nitrogens with one attached hydrogen (secondary N) is 2. The van der Waals surface area contributed by atoms with E-state index in [0.29, 0.717) is 5.92 Å². The van der Waals surface area contributed by atoms with E-state index in [1.165, 1.54) is 5.56 Å². The maximum Gasteiger partial charge on any atom is 0.191 e. The minimum Gasteiger partial charge on any atom is -0.356 e. The van der Waals surface area contributed by atoms with E-state index in [4.69, 9.17) is 0 Å². The van der Waals surface area contributed by atoms with Crippen LogP contribution in [0.2, 0.25) is 0 Å². The second kappa shape index (κ2) is 10.2. The molecule has 2 aromatic rings. The third-order valence-corrected chi connectivity index (χ3v) is 3.25. The molecule has 1 aromatic carbocycles. The summed E-state index contributed by atoms with van der Waals surface area (Å²) in [7, 11) is 1.79. The van der Waals surface area contributed by atoms with Gasteiger partial charge in [0.05, 0.1) is 5.69 Å². The second-order valence-electron chi connectivity index (χ2n) is 5.62. The maximum atomic E-state index is 4.39. The Balaban J connectivity index is 0.00000264. The summed E-state index contributed by atoms with van der Waals surface area (Å²) in [6.07, 6.45) is 1.82. The highest BCUT2D eigenvalue weighted by atomic mass is 127. The van der Waals surface area contributed by atoms with Gasteiger partial charge in [-0.15, -0.1) is 24.0 Å². The van der Waals surface area contributed by atoms with Gasteiger partial charge in [0, 0.05) is 31.9 Å². The topological polar surface area (TPSA) is 49.3 Å². The van der Waals surface area contributed by atoms with Crippen molar-refractivity contribution in [1.82, 2.24) is 15.6 Å². The summed E-state index contributed by atoms with van der Waals surface area (Å²) in [5.41, 5.74) is 3.33. The number of benzene rings is 1. The Morgan fingerprint density at radius 1 is 1.13 bits per heavy atom. The van der Waals surface area contributed by atoms with Crippen LogP contribution in [0, 0.1) is 5.92 Å². The molecule has 0 aliphatic rings. The number of aromatic nitrogens is 1. The molecular weight excluding hydrogens is 399 g/mol. The van der Waals surface area contributed by atoms with Crippen molar-refractivity contribution in [2.24, 2.45) is 10.9 Å². The molecule has 0 unspecified atom stereocenters. The molecule has 5 heteroatoms. The van der Waals surface area contributed by atoms with Crippen molar-refractivity contribution in [3.05, 3.63) is 54.2 Å². The van der Waals surface area contributed by atoms with Crippen molar-refractivity contribution in [2.45, 2.75) is 20.4 Å². The van der Waals surface area contributed by atoms with Crippen molar-refractivity contribution in [3.8, 4) is 11.3 Å². The van der Waals surface area contributed by atoms with Crippen LogP contribution in [0.25, 0.3) is 11.3 Å². The quantitative estimate of drug-likeness (QED) is 0.438. The third kappa shape index (κ3) is 6.56. The molecule has 4 nitrogen and oxygen atoms in total. The number of aliphatic imine (C=N–C) groups is 1. The molecule has 23 heavy (non-hydrogen) atoms. The van der Waals surface area contributed by atoms with Crippen LogP contribution in [-0.4, -0.2) is 24.5 Å². The van der Waals surface area contributed by atoms with Crippen LogP contribution in [0.4, 0.5) is 0 Å². The van der Waals surface area contributed by atoms with E-state index in [0.717, 1.165) is 30.3 Å². The smallest absolute Gasteiger partial charge is 0.191 e.